The van der Waals surface area contributed by atoms with Crippen LogP contribution in [-0.2, 0) is 0 Å². The zero-order valence-electron chi connectivity index (χ0n) is 6.89. The van der Waals surface area contributed by atoms with Gasteiger partial charge >= 0.3 is 11.9 Å². The summed E-state index contributed by atoms with van der Waals surface area (Å²) < 4.78 is 0. The molecule has 14 heavy (non-hydrogen) atoms. The highest BCUT2D eigenvalue weighted by atomic mass is 16.4. The Labute approximate surface area is 78.3 Å². The molecule has 0 saturated carbocycles. The number of pyridine rings is 1. The standard InChI is InChI=1S/C7H5NO4.2H2O/c9-6(10)4-1-2-5(7(11)12)8-3-4;;/h1-3H,(H,9,10)(H,11,12);2*1H2. The Morgan fingerprint density at radius 3 is 1.93 bits per heavy atom. The minimum Gasteiger partial charge on any atom is -0.478 e. The van der Waals surface area contributed by atoms with Crippen molar-refractivity contribution in [2.24, 2.45) is 0 Å². The number of rotatable bonds is 2. The van der Waals surface area contributed by atoms with E-state index in [-0.39, 0.29) is 22.2 Å². The maximum absolute atomic E-state index is 10.3. The number of aromatic nitrogens is 1. The molecule has 0 aliphatic carbocycles. The molecule has 7 nitrogen and oxygen atoms in total. The summed E-state index contributed by atoms with van der Waals surface area (Å²) in [6.45, 7) is 0. The van der Waals surface area contributed by atoms with Crippen molar-refractivity contribution in [3.05, 3.63) is 29.6 Å². The van der Waals surface area contributed by atoms with Crippen molar-refractivity contribution in [3.63, 3.8) is 0 Å². The molecule has 78 valence electrons. The normalized spacial score (nSPS) is 8.00. The van der Waals surface area contributed by atoms with Crippen LogP contribution in [0.25, 0.3) is 0 Å². The third-order valence-electron chi connectivity index (χ3n) is 1.23. The van der Waals surface area contributed by atoms with E-state index in [1.54, 1.807) is 0 Å². The molecule has 1 aromatic rings. The average molecular weight is 203 g/mol. The molecule has 0 unspecified atom stereocenters. The highest BCUT2D eigenvalue weighted by molar-refractivity contribution is 5.89. The number of aromatic carboxylic acids is 2. The largest absolute Gasteiger partial charge is 0.478 e. The summed E-state index contributed by atoms with van der Waals surface area (Å²) in [7, 11) is 0. The molecule has 1 heterocycles. The van der Waals surface area contributed by atoms with Crippen LogP contribution in [0.4, 0.5) is 0 Å². The average Bonchev–Trinajstić information content (AvgIpc) is 2.04. The van der Waals surface area contributed by atoms with Gasteiger partial charge in [-0.2, -0.15) is 0 Å². The molecule has 7 heteroatoms. The van der Waals surface area contributed by atoms with Crippen LogP contribution in [0.15, 0.2) is 18.3 Å². The summed E-state index contributed by atoms with van der Waals surface area (Å²) in [5.41, 5.74) is -0.194. The Morgan fingerprint density at radius 2 is 1.64 bits per heavy atom. The van der Waals surface area contributed by atoms with Gasteiger partial charge in [0, 0.05) is 6.20 Å². The summed E-state index contributed by atoms with van der Waals surface area (Å²) in [6, 6.07) is 2.34. The van der Waals surface area contributed by atoms with E-state index in [4.69, 9.17) is 10.2 Å². The summed E-state index contributed by atoms with van der Waals surface area (Å²) in [6.07, 6.45) is 1.01. The molecule has 1 aromatic heterocycles. The lowest BCUT2D eigenvalue weighted by Crippen LogP contribution is -2.02. The number of nitrogens with zero attached hydrogens (tertiary/aromatic N) is 1. The predicted molar refractivity (Wildman–Crippen MR) is 45.4 cm³/mol. The van der Waals surface area contributed by atoms with Crippen molar-refractivity contribution >= 4 is 11.9 Å². The van der Waals surface area contributed by atoms with Gasteiger partial charge in [-0.25, -0.2) is 14.6 Å². The SMILES string of the molecule is O.O.O=C(O)c1ccc(C(=O)O)nc1. The zero-order valence-corrected chi connectivity index (χ0v) is 6.89. The first-order chi connectivity index (χ1) is 5.61. The smallest absolute Gasteiger partial charge is 0.354 e. The summed E-state index contributed by atoms with van der Waals surface area (Å²) in [4.78, 5) is 24.0. The van der Waals surface area contributed by atoms with E-state index in [1.165, 1.54) is 6.07 Å². The second kappa shape index (κ2) is 5.62. The van der Waals surface area contributed by atoms with Gasteiger partial charge in [0.25, 0.3) is 0 Å². The van der Waals surface area contributed by atoms with Crippen molar-refractivity contribution in [1.29, 1.82) is 0 Å². The first kappa shape index (κ1) is 14.5. The van der Waals surface area contributed by atoms with E-state index in [2.05, 4.69) is 4.98 Å². The van der Waals surface area contributed by atoms with Gasteiger partial charge in [-0.3, -0.25) is 0 Å². The van der Waals surface area contributed by atoms with Gasteiger partial charge < -0.3 is 21.2 Å². The van der Waals surface area contributed by atoms with E-state index in [1.807, 2.05) is 0 Å². The molecule has 0 aliphatic rings. The molecule has 0 bridgehead atoms. The number of carboxylic acid groups (broad SMARTS) is 2. The predicted octanol–water partition coefficient (Wildman–Crippen LogP) is -1.17. The van der Waals surface area contributed by atoms with Crippen LogP contribution in [-0.4, -0.2) is 38.1 Å². The molecule has 0 fully saturated rings. The summed E-state index contributed by atoms with van der Waals surface area (Å²) in [5.74, 6) is -2.30. The molecule has 0 atom stereocenters. The Balaban J connectivity index is 0. The van der Waals surface area contributed by atoms with Crippen molar-refractivity contribution in [3.8, 4) is 0 Å². The third-order valence-corrected chi connectivity index (χ3v) is 1.23. The second-order valence-corrected chi connectivity index (χ2v) is 2.04. The van der Waals surface area contributed by atoms with E-state index >= 15 is 0 Å². The Morgan fingerprint density at radius 1 is 1.07 bits per heavy atom. The van der Waals surface area contributed by atoms with Crippen LogP contribution in [0.1, 0.15) is 20.8 Å². The fourth-order valence-corrected chi connectivity index (χ4v) is 0.647. The minimum absolute atomic E-state index is 0. The van der Waals surface area contributed by atoms with Gasteiger partial charge in [0.05, 0.1) is 5.56 Å². The Hall–Kier alpha value is -1.99. The molecule has 0 aliphatic heterocycles. The lowest BCUT2D eigenvalue weighted by molar-refractivity contribution is 0.0676. The van der Waals surface area contributed by atoms with E-state index in [0.29, 0.717) is 0 Å². The van der Waals surface area contributed by atoms with Gasteiger partial charge in [-0.05, 0) is 12.1 Å². The second-order valence-electron chi connectivity index (χ2n) is 2.04. The van der Waals surface area contributed by atoms with Crippen LogP contribution >= 0.6 is 0 Å². The molecule has 0 amide bonds. The fraction of sp³-hybridized carbons (Fsp3) is 0. The van der Waals surface area contributed by atoms with Gasteiger partial charge in [0.2, 0.25) is 0 Å². The maximum Gasteiger partial charge on any atom is 0.354 e. The van der Waals surface area contributed by atoms with Crippen LogP contribution in [0.2, 0.25) is 0 Å². The van der Waals surface area contributed by atoms with Crippen LogP contribution < -0.4 is 0 Å². The number of carbonyl (C=O) groups is 2. The Kier molecular flexibility index (Phi) is 5.83. The first-order valence-electron chi connectivity index (χ1n) is 3.04. The van der Waals surface area contributed by atoms with Gasteiger partial charge in [-0.15, -0.1) is 0 Å². The molecule has 0 radical (unpaired) electrons. The highest BCUT2D eigenvalue weighted by Gasteiger charge is 2.06. The number of hydrogen-bond acceptors (Lipinski definition) is 3. The molecule has 0 spiro atoms. The van der Waals surface area contributed by atoms with Crippen molar-refractivity contribution < 1.29 is 30.8 Å². The van der Waals surface area contributed by atoms with Gasteiger partial charge in [0.1, 0.15) is 5.69 Å². The van der Waals surface area contributed by atoms with Crippen molar-refractivity contribution in [2.75, 3.05) is 0 Å². The molecular weight excluding hydrogens is 194 g/mol. The molecule has 0 aromatic carbocycles. The molecular formula is C7H9NO6. The van der Waals surface area contributed by atoms with Crippen molar-refractivity contribution in [1.82, 2.24) is 4.98 Å². The molecule has 1 rings (SSSR count). The number of hydrogen-bond donors (Lipinski definition) is 2. The van der Waals surface area contributed by atoms with E-state index in [9.17, 15) is 9.59 Å². The Bertz CT molecular complexity index is 286. The van der Waals surface area contributed by atoms with Crippen LogP contribution in [0, 0.1) is 0 Å². The van der Waals surface area contributed by atoms with Crippen molar-refractivity contribution in [2.45, 2.75) is 0 Å². The van der Waals surface area contributed by atoms with E-state index in [0.717, 1.165) is 12.3 Å². The quantitative estimate of drug-likeness (QED) is 0.620. The summed E-state index contributed by atoms with van der Waals surface area (Å²) in [5, 5.41) is 16.8. The number of carboxylic acids is 2. The fourth-order valence-electron chi connectivity index (χ4n) is 0.647. The topological polar surface area (TPSA) is 150 Å². The third kappa shape index (κ3) is 3.17. The zero-order chi connectivity index (χ0) is 9.14. The molecule has 6 N–H and O–H groups in total. The minimum atomic E-state index is -1.17. The molecule has 0 saturated heterocycles. The monoisotopic (exact) mass is 203 g/mol. The van der Waals surface area contributed by atoms with Crippen LogP contribution in [0.5, 0.6) is 0 Å². The van der Waals surface area contributed by atoms with Gasteiger partial charge in [-0.1, -0.05) is 0 Å². The van der Waals surface area contributed by atoms with Crippen LogP contribution in [0.3, 0.4) is 0 Å². The lowest BCUT2D eigenvalue weighted by atomic mass is 10.2. The first-order valence-corrected chi connectivity index (χ1v) is 3.04. The van der Waals surface area contributed by atoms with E-state index < -0.39 is 11.9 Å². The summed E-state index contributed by atoms with van der Waals surface area (Å²) >= 11 is 0. The highest BCUT2D eigenvalue weighted by Crippen LogP contribution is 1.99. The lowest BCUT2D eigenvalue weighted by Gasteiger charge is -1.93. The maximum atomic E-state index is 10.3. The van der Waals surface area contributed by atoms with Gasteiger partial charge in [0.15, 0.2) is 0 Å².